The van der Waals surface area contributed by atoms with Gasteiger partial charge in [-0.3, -0.25) is 0 Å². The zero-order valence-corrected chi connectivity index (χ0v) is 9.25. The van der Waals surface area contributed by atoms with Gasteiger partial charge in [0.15, 0.2) is 0 Å². The molecule has 0 aliphatic rings. The number of carboxylic acid groups (broad SMARTS) is 1. The minimum atomic E-state index is -4.61. The van der Waals surface area contributed by atoms with Crippen molar-refractivity contribution in [2.75, 3.05) is 0 Å². The molecule has 18 heavy (non-hydrogen) atoms. The van der Waals surface area contributed by atoms with E-state index in [1.807, 2.05) is 0 Å². The Balaban J connectivity index is 2.91. The summed E-state index contributed by atoms with van der Waals surface area (Å²) >= 11 is 0. The second-order valence-corrected chi connectivity index (χ2v) is 3.83. The number of aromatic carboxylic acids is 1. The van der Waals surface area contributed by atoms with Crippen LogP contribution in [0.15, 0.2) is 24.3 Å². The maximum Gasteiger partial charge on any atom is 0.417 e. The molecule has 1 aromatic carbocycles. The predicted molar refractivity (Wildman–Crippen MR) is 58.4 cm³/mol. The summed E-state index contributed by atoms with van der Waals surface area (Å²) in [4.78, 5) is 14.6. The summed E-state index contributed by atoms with van der Waals surface area (Å²) in [6, 6.07) is 4.91. The van der Waals surface area contributed by atoms with Gasteiger partial charge in [0, 0.05) is 5.39 Å². The van der Waals surface area contributed by atoms with Crippen LogP contribution in [0, 0.1) is 6.92 Å². The Bertz CT molecular complexity index is 635. The molecule has 0 aliphatic heterocycles. The maximum absolute atomic E-state index is 12.9. The van der Waals surface area contributed by atoms with Crippen molar-refractivity contribution in [2.24, 2.45) is 0 Å². The highest BCUT2D eigenvalue weighted by atomic mass is 19.4. The number of fused-ring (bicyclic) bond motifs is 1. The van der Waals surface area contributed by atoms with Crippen LogP contribution in [-0.4, -0.2) is 16.1 Å². The number of aromatic nitrogens is 1. The Morgan fingerprint density at radius 3 is 2.56 bits per heavy atom. The van der Waals surface area contributed by atoms with Crippen molar-refractivity contribution in [2.45, 2.75) is 13.1 Å². The van der Waals surface area contributed by atoms with Gasteiger partial charge in [0.2, 0.25) is 0 Å². The van der Waals surface area contributed by atoms with Crippen molar-refractivity contribution < 1.29 is 23.1 Å². The lowest BCUT2D eigenvalue weighted by Gasteiger charge is -2.12. The zero-order valence-electron chi connectivity index (χ0n) is 9.25. The summed E-state index contributed by atoms with van der Waals surface area (Å²) in [7, 11) is 0. The van der Waals surface area contributed by atoms with E-state index in [1.54, 1.807) is 13.0 Å². The first kappa shape index (κ1) is 12.3. The van der Waals surface area contributed by atoms with Gasteiger partial charge in [-0.2, -0.15) is 13.2 Å². The van der Waals surface area contributed by atoms with Gasteiger partial charge >= 0.3 is 12.1 Å². The third-order valence-corrected chi connectivity index (χ3v) is 2.57. The highest BCUT2D eigenvalue weighted by Crippen LogP contribution is 2.35. The molecule has 3 nitrogen and oxygen atoms in total. The van der Waals surface area contributed by atoms with Gasteiger partial charge in [0.25, 0.3) is 0 Å². The van der Waals surface area contributed by atoms with Gasteiger partial charge < -0.3 is 5.11 Å². The predicted octanol–water partition coefficient (Wildman–Crippen LogP) is 3.26. The molecule has 0 fully saturated rings. The summed E-state index contributed by atoms with van der Waals surface area (Å²) in [5, 5.41) is 8.71. The van der Waals surface area contributed by atoms with Gasteiger partial charge in [0.05, 0.1) is 11.1 Å². The molecule has 0 saturated heterocycles. The number of para-hydroxylation sites is 1. The summed E-state index contributed by atoms with van der Waals surface area (Å²) in [5.41, 5.74) is -1.02. The zero-order chi connectivity index (χ0) is 13.5. The molecule has 0 spiro atoms. The van der Waals surface area contributed by atoms with Crippen LogP contribution in [-0.2, 0) is 6.18 Å². The maximum atomic E-state index is 12.9. The molecule has 6 heteroatoms. The quantitative estimate of drug-likeness (QED) is 0.850. The molecule has 1 aromatic heterocycles. The van der Waals surface area contributed by atoms with Crippen LogP contribution in [0.25, 0.3) is 10.9 Å². The van der Waals surface area contributed by atoms with Crippen LogP contribution < -0.4 is 0 Å². The molecule has 0 atom stereocenters. The highest BCUT2D eigenvalue weighted by molar-refractivity contribution is 5.92. The van der Waals surface area contributed by atoms with Crippen LogP contribution >= 0.6 is 0 Å². The molecular formula is C12H8F3NO2. The number of hydrogen-bond acceptors (Lipinski definition) is 2. The van der Waals surface area contributed by atoms with Crippen molar-refractivity contribution in [1.29, 1.82) is 0 Å². The normalized spacial score (nSPS) is 11.8. The number of pyridine rings is 1. The molecule has 2 aromatic rings. The molecule has 1 N–H and O–H groups in total. The average Bonchev–Trinajstić information content (AvgIpc) is 2.27. The minimum absolute atomic E-state index is 0.0599. The summed E-state index contributed by atoms with van der Waals surface area (Å²) in [5.74, 6) is -1.48. The van der Waals surface area contributed by atoms with E-state index >= 15 is 0 Å². The van der Waals surface area contributed by atoms with Gasteiger partial charge in [-0.25, -0.2) is 9.78 Å². The Labute approximate surface area is 99.9 Å². The molecule has 0 unspecified atom stereocenters. The lowest BCUT2D eigenvalue weighted by Crippen LogP contribution is -2.10. The van der Waals surface area contributed by atoms with Crippen molar-refractivity contribution >= 4 is 16.9 Å². The number of carboxylic acids is 1. The monoisotopic (exact) mass is 255 g/mol. The first-order valence-corrected chi connectivity index (χ1v) is 5.01. The number of nitrogens with zero attached hydrogens (tertiary/aromatic N) is 1. The SMILES string of the molecule is Cc1cccc2c(C(F)(F)F)cc(C(=O)O)nc12. The van der Waals surface area contributed by atoms with E-state index in [0.717, 1.165) is 0 Å². The van der Waals surface area contributed by atoms with Crippen molar-refractivity contribution in [1.82, 2.24) is 4.98 Å². The summed E-state index contributed by atoms with van der Waals surface area (Å²) < 4.78 is 38.6. The summed E-state index contributed by atoms with van der Waals surface area (Å²) in [6.07, 6.45) is -4.61. The third kappa shape index (κ3) is 2.01. The van der Waals surface area contributed by atoms with Gasteiger partial charge in [-0.15, -0.1) is 0 Å². The van der Waals surface area contributed by atoms with Crippen LogP contribution in [0.4, 0.5) is 13.2 Å². The minimum Gasteiger partial charge on any atom is -0.477 e. The van der Waals surface area contributed by atoms with E-state index in [9.17, 15) is 18.0 Å². The van der Waals surface area contributed by atoms with Crippen LogP contribution in [0.3, 0.4) is 0 Å². The fourth-order valence-electron chi connectivity index (χ4n) is 1.74. The smallest absolute Gasteiger partial charge is 0.417 e. The number of hydrogen-bond donors (Lipinski definition) is 1. The number of carbonyl (C=O) groups is 1. The van der Waals surface area contributed by atoms with Gasteiger partial charge in [-0.05, 0) is 18.6 Å². The molecule has 0 aliphatic carbocycles. The number of alkyl halides is 3. The third-order valence-electron chi connectivity index (χ3n) is 2.57. The largest absolute Gasteiger partial charge is 0.477 e. The Morgan fingerprint density at radius 1 is 1.33 bits per heavy atom. The van der Waals surface area contributed by atoms with E-state index in [-0.39, 0.29) is 10.9 Å². The molecule has 0 amide bonds. The second kappa shape index (κ2) is 3.97. The number of aryl methyl sites for hydroxylation is 1. The molecular weight excluding hydrogens is 247 g/mol. The molecule has 1 heterocycles. The first-order valence-electron chi connectivity index (χ1n) is 5.01. The number of rotatable bonds is 1. The second-order valence-electron chi connectivity index (χ2n) is 3.83. The Hall–Kier alpha value is -2.11. The number of halogens is 3. The Morgan fingerprint density at radius 2 is 2.00 bits per heavy atom. The highest BCUT2D eigenvalue weighted by Gasteiger charge is 2.34. The van der Waals surface area contributed by atoms with E-state index in [0.29, 0.717) is 11.6 Å². The van der Waals surface area contributed by atoms with Crippen LogP contribution in [0.5, 0.6) is 0 Å². The lowest BCUT2D eigenvalue weighted by molar-refractivity contribution is -0.136. The lowest BCUT2D eigenvalue weighted by atomic mass is 10.0. The molecule has 2 rings (SSSR count). The molecule has 94 valence electrons. The standard InChI is InChI=1S/C12H8F3NO2/c1-6-3-2-4-7-8(12(13,14)15)5-9(11(17)18)16-10(6)7/h2-5H,1H3,(H,17,18). The fraction of sp³-hybridized carbons (Fsp3) is 0.167. The van der Waals surface area contributed by atoms with Crippen molar-refractivity contribution in [3.63, 3.8) is 0 Å². The molecule has 0 saturated carbocycles. The first-order chi connectivity index (χ1) is 8.30. The van der Waals surface area contributed by atoms with E-state index in [1.165, 1.54) is 12.1 Å². The Kier molecular flexibility index (Phi) is 2.73. The molecule has 0 radical (unpaired) electrons. The van der Waals surface area contributed by atoms with E-state index in [4.69, 9.17) is 5.11 Å². The summed E-state index contributed by atoms with van der Waals surface area (Å²) in [6.45, 7) is 1.58. The van der Waals surface area contributed by atoms with E-state index in [2.05, 4.69) is 4.98 Å². The van der Waals surface area contributed by atoms with Gasteiger partial charge in [-0.1, -0.05) is 18.2 Å². The molecule has 0 bridgehead atoms. The van der Waals surface area contributed by atoms with Crippen molar-refractivity contribution in [3.8, 4) is 0 Å². The topological polar surface area (TPSA) is 50.2 Å². The fourth-order valence-corrected chi connectivity index (χ4v) is 1.74. The average molecular weight is 255 g/mol. The number of benzene rings is 1. The van der Waals surface area contributed by atoms with Crippen LogP contribution in [0.1, 0.15) is 21.6 Å². The van der Waals surface area contributed by atoms with Crippen molar-refractivity contribution in [3.05, 3.63) is 41.1 Å². The van der Waals surface area contributed by atoms with Crippen LogP contribution in [0.2, 0.25) is 0 Å². The van der Waals surface area contributed by atoms with Gasteiger partial charge in [0.1, 0.15) is 5.69 Å². The van der Waals surface area contributed by atoms with E-state index < -0.39 is 23.4 Å².